The average Bonchev–Trinajstić information content (AvgIpc) is 2.98. The van der Waals surface area contributed by atoms with Crippen molar-refractivity contribution in [3.63, 3.8) is 0 Å². The van der Waals surface area contributed by atoms with Crippen LogP contribution in [-0.2, 0) is 4.74 Å². The van der Waals surface area contributed by atoms with Crippen molar-refractivity contribution in [3.05, 3.63) is 45.1 Å². The molecular weight excluding hydrogens is 356 g/mol. The van der Waals surface area contributed by atoms with Gasteiger partial charge in [0, 0.05) is 30.0 Å². The number of amides is 1. The third-order valence-electron chi connectivity index (χ3n) is 4.03. The highest BCUT2D eigenvalue weighted by molar-refractivity contribution is 8.02. The fourth-order valence-electron chi connectivity index (χ4n) is 2.47. The fourth-order valence-corrected chi connectivity index (χ4v) is 3.83. The van der Waals surface area contributed by atoms with Gasteiger partial charge in [0.25, 0.3) is 5.69 Å². The molecule has 1 unspecified atom stereocenters. The molecule has 0 saturated carbocycles. The highest BCUT2D eigenvalue weighted by atomic mass is 32.2. The maximum atomic E-state index is 11.5. The molecule has 2 rings (SSSR count). The van der Waals surface area contributed by atoms with E-state index in [2.05, 4.69) is 10.3 Å². The third-order valence-corrected chi connectivity index (χ3v) is 5.28. The lowest BCUT2D eigenvalue weighted by Crippen LogP contribution is -2.46. The number of allylic oxidation sites excluding steroid dienone is 1. The first-order chi connectivity index (χ1) is 12.3. The summed E-state index contributed by atoms with van der Waals surface area (Å²) in [5.74, 6) is 0.166. The Labute approximate surface area is 156 Å². The summed E-state index contributed by atoms with van der Waals surface area (Å²) < 4.78 is 5.56. The lowest BCUT2D eigenvalue weighted by molar-refractivity contribution is -0.803. The van der Waals surface area contributed by atoms with Gasteiger partial charge in [-0.2, -0.15) is 0 Å². The van der Waals surface area contributed by atoms with Crippen LogP contribution >= 0.6 is 11.8 Å². The van der Waals surface area contributed by atoms with Crippen molar-refractivity contribution in [2.24, 2.45) is 10.9 Å². The van der Waals surface area contributed by atoms with Crippen molar-refractivity contribution in [3.8, 4) is 0 Å². The number of hydrogen-bond acceptors (Lipinski definition) is 6. The molecule has 8 nitrogen and oxygen atoms in total. The molecular formula is C17H23N4O4S+. The number of non-ortho nitro benzene ring substituents is 1. The van der Waals surface area contributed by atoms with E-state index in [1.54, 1.807) is 12.4 Å². The number of nitro groups is 1. The molecule has 1 amide bonds. The van der Waals surface area contributed by atoms with Gasteiger partial charge in [-0.25, -0.2) is 14.3 Å². The normalized spacial score (nSPS) is 19.1. The van der Waals surface area contributed by atoms with Crippen LogP contribution in [0.15, 0.2) is 44.9 Å². The van der Waals surface area contributed by atoms with E-state index >= 15 is 0 Å². The molecule has 1 heterocycles. The van der Waals surface area contributed by atoms with Crippen molar-refractivity contribution in [1.29, 1.82) is 0 Å². The molecule has 0 saturated heterocycles. The van der Waals surface area contributed by atoms with Crippen molar-refractivity contribution in [2.75, 3.05) is 20.3 Å². The molecule has 9 heteroatoms. The SMILES string of the molecule is CC[N+]1(COC(=O)NC)C=NC(C(C)C)=C1Sc1cccc([N+](=O)[O-])c1. The summed E-state index contributed by atoms with van der Waals surface area (Å²) >= 11 is 1.42. The Balaban J connectivity index is 2.38. The maximum Gasteiger partial charge on any atom is 0.411 e. The number of ether oxygens (including phenoxy) is 1. The van der Waals surface area contributed by atoms with Crippen molar-refractivity contribution in [2.45, 2.75) is 25.7 Å². The zero-order valence-corrected chi connectivity index (χ0v) is 16.1. The summed E-state index contributed by atoms with van der Waals surface area (Å²) in [6.07, 6.45) is 1.26. The fraction of sp³-hybridized carbons (Fsp3) is 0.412. The topological polar surface area (TPSA) is 93.8 Å². The second-order valence-corrected chi connectivity index (χ2v) is 7.17. The summed E-state index contributed by atoms with van der Waals surface area (Å²) in [7, 11) is 1.50. The van der Waals surface area contributed by atoms with Gasteiger partial charge in [-0.05, 0) is 24.8 Å². The van der Waals surface area contributed by atoms with Gasteiger partial charge < -0.3 is 10.1 Å². The Morgan fingerprint density at radius 2 is 2.19 bits per heavy atom. The van der Waals surface area contributed by atoms with Gasteiger partial charge >= 0.3 is 6.09 Å². The minimum Gasteiger partial charge on any atom is -0.398 e. The van der Waals surface area contributed by atoms with Gasteiger partial charge in [-0.3, -0.25) is 10.1 Å². The largest absolute Gasteiger partial charge is 0.411 e. The number of aliphatic imine (C=N–C) groups is 1. The minimum absolute atomic E-state index is 0.0387. The predicted octanol–water partition coefficient (Wildman–Crippen LogP) is 3.70. The number of nitrogens with one attached hydrogen (secondary N) is 1. The van der Waals surface area contributed by atoms with Crippen LogP contribution in [0.1, 0.15) is 20.8 Å². The Hall–Kier alpha value is -2.39. The number of nitro benzene ring substituents is 1. The van der Waals surface area contributed by atoms with Crippen LogP contribution in [0, 0.1) is 16.0 Å². The van der Waals surface area contributed by atoms with E-state index in [4.69, 9.17) is 4.74 Å². The summed E-state index contributed by atoms with van der Waals surface area (Å²) in [6.45, 7) is 6.80. The molecule has 1 aromatic rings. The third kappa shape index (κ3) is 4.23. The number of carbonyl (C=O) groups excluding carboxylic acids is 1. The number of nitrogens with zero attached hydrogens (tertiary/aromatic N) is 3. The van der Waals surface area contributed by atoms with Crippen LogP contribution in [-0.4, -0.2) is 42.2 Å². The summed E-state index contributed by atoms with van der Waals surface area (Å²) in [5.41, 5.74) is 0.931. The standard InChI is InChI=1S/C17H22N4O4S/c1-5-21(11-25-17(22)18-4)10-19-15(12(2)3)16(21)26-14-8-6-7-13(9-14)20(23)24/h6-10,12H,5,11H2,1-4H3/p+1. The van der Waals surface area contributed by atoms with Crippen molar-refractivity contribution < 1.29 is 18.9 Å². The van der Waals surface area contributed by atoms with E-state index in [9.17, 15) is 14.9 Å². The molecule has 26 heavy (non-hydrogen) atoms. The van der Waals surface area contributed by atoms with Gasteiger partial charge in [-0.15, -0.1) is 0 Å². The Morgan fingerprint density at radius 3 is 2.77 bits per heavy atom. The lowest BCUT2D eigenvalue weighted by Gasteiger charge is -2.30. The maximum absolute atomic E-state index is 11.5. The van der Waals surface area contributed by atoms with E-state index in [1.807, 2.05) is 26.8 Å². The van der Waals surface area contributed by atoms with Gasteiger partial charge in [0.05, 0.1) is 11.5 Å². The lowest BCUT2D eigenvalue weighted by atomic mass is 10.1. The molecule has 0 fully saturated rings. The van der Waals surface area contributed by atoms with Gasteiger partial charge in [0.2, 0.25) is 11.8 Å². The second-order valence-electron chi connectivity index (χ2n) is 6.11. The van der Waals surface area contributed by atoms with Crippen molar-refractivity contribution >= 4 is 29.9 Å². The molecule has 1 atom stereocenters. The van der Waals surface area contributed by atoms with Crippen LogP contribution in [0.5, 0.6) is 0 Å². The number of quaternary nitrogens is 1. The molecule has 1 aliphatic heterocycles. The summed E-state index contributed by atoms with van der Waals surface area (Å²) in [4.78, 5) is 27.5. The second kappa shape index (κ2) is 8.33. The number of benzene rings is 1. The zero-order chi connectivity index (χ0) is 19.3. The number of carbonyl (C=O) groups is 1. The van der Waals surface area contributed by atoms with Gasteiger partial charge in [0.1, 0.15) is 5.70 Å². The Bertz CT molecular complexity index is 763. The van der Waals surface area contributed by atoms with Gasteiger partial charge in [-0.1, -0.05) is 19.9 Å². The number of hydrogen-bond donors (Lipinski definition) is 1. The minimum atomic E-state index is -0.512. The Kier molecular flexibility index (Phi) is 6.38. The van der Waals surface area contributed by atoms with E-state index in [0.717, 1.165) is 15.6 Å². The van der Waals surface area contributed by atoms with Crippen LogP contribution in [0.25, 0.3) is 0 Å². The van der Waals surface area contributed by atoms with Crippen molar-refractivity contribution in [1.82, 2.24) is 5.32 Å². The summed E-state index contributed by atoms with van der Waals surface area (Å²) in [6, 6.07) is 6.49. The summed E-state index contributed by atoms with van der Waals surface area (Å²) in [5, 5.41) is 14.4. The molecule has 1 N–H and O–H groups in total. The van der Waals surface area contributed by atoms with E-state index in [0.29, 0.717) is 6.54 Å². The predicted molar refractivity (Wildman–Crippen MR) is 101 cm³/mol. The molecule has 0 bridgehead atoms. The van der Waals surface area contributed by atoms with E-state index < -0.39 is 11.0 Å². The number of alkyl carbamates (subject to hydrolysis) is 1. The van der Waals surface area contributed by atoms with Crippen LogP contribution in [0.4, 0.5) is 10.5 Å². The molecule has 0 radical (unpaired) electrons. The molecule has 140 valence electrons. The smallest absolute Gasteiger partial charge is 0.398 e. The van der Waals surface area contributed by atoms with Crippen LogP contribution in [0.2, 0.25) is 0 Å². The van der Waals surface area contributed by atoms with E-state index in [-0.39, 0.29) is 22.8 Å². The van der Waals surface area contributed by atoms with Gasteiger partial charge in [0.15, 0.2) is 6.34 Å². The first-order valence-electron chi connectivity index (χ1n) is 8.26. The first kappa shape index (κ1) is 19.9. The molecule has 0 aliphatic carbocycles. The molecule has 0 aromatic heterocycles. The molecule has 1 aromatic carbocycles. The van der Waals surface area contributed by atoms with Crippen LogP contribution in [0.3, 0.4) is 0 Å². The average molecular weight is 379 g/mol. The Morgan fingerprint density at radius 1 is 1.46 bits per heavy atom. The quantitative estimate of drug-likeness (QED) is 0.443. The number of rotatable bonds is 7. The highest BCUT2D eigenvalue weighted by Crippen LogP contribution is 2.42. The molecule has 1 aliphatic rings. The first-order valence-corrected chi connectivity index (χ1v) is 9.08. The van der Waals surface area contributed by atoms with Crippen LogP contribution < -0.4 is 5.32 Å². The zero-order valence-electron chi connectivity index (χ0n) is 15.3. The number of thioether (sulfide) groups is 1. The highest BCUT2D eigenvalue weighted by Gasteiger charge is 2.40. The molecule has 0 spiro atoms. The van der Waals surface area contributed by atoms with E-state index in [1.165, 1.54) is 30.9 Å². The monoisotopic (exact) mass is 379 g/mol.